The van der Waals surface area contributed by atoms with Crippen LogP contribution in [-0.2, 0) is 4.79 Å². The van der Waals surface area contributed by atoms with Crippen LogP contribution < -0.4 is 14.8 Å². The highest BCUT2D eigenvalue weighted by Crippen LogP contribution is 2.37. The van der Waals surface area contributed by atoms with Crippen LogP contribution in [0, 0.1) is 10.1 Å². The third-order valence-corrected chi connectivity index (χ3v) is 5.99. The topological polar surface area (TPSA) is 90.7 Å². The quantitative estimate of drug-likeness (QED) is 0.417. The smallest absolute Gasteiger partial charge is 0.276 e. The number of amides is 1. The van der Waals surface area contributed by atoms with E-state index in [9.17, 15) is 14.9 Å². The summed E-state index contributed by atoms with van der Waals surface area (Å²) < 4.78 is 11.7. The third-order valence-electron chi connectivity index (χ3n) is 5.99. The highest BCUT2D eigenvalue weighted by atomic mass is 16.6. The Morgan fingerprint density at radius 1 is 1.13 bits per heavy atom. The highest BCUT2D eigenvalue weighted by Gasteiger charge is 2.27. The molecule has 1 heterocycles. The van der Waals surface area contributed by atoms with Crippen LogP contribution in [0.1, 0.15) is 49.1 Å². The summed E-state index contributed by atoms with van der Waals surface area (Å²) in [7, 11) is 1.63. The molecule has 0 radical (unpaired) electrons. The van der Waals surface area contributed by atoms with Gasteiger partial charge in [-0.05, 0) is 61.9 Å². The average Bonchev–Trinajstić information content (AvgIpc) is 3.28. The van der Waals surface area contributed by atoms with E-state index in [0.29, 0.717) is 29.9 Å². The number of nitro groups is 1. The largest absolute Gasteiger partial charge is 0.493 e. The molecule has 0 aromatic heterocycles. The SMILES string of the molecule is COc1ccc([C@H]2CNC(=O)C(=Cc3ccccc3[N+](=O)[O-])C2)cc1OC1CCCC1. The lowest BCUT2D eigenvalue weighted by atomic mass is 9.87. The van der Waals surface area contributed by atoms with E-state index in [1.165, 1.54) is 18.9 Å². The second-order valence-electron chi connectivity index (χ2n) is 8.03. The minimum Gasteiger partial charge on any atom is -0.493 e. The zero-order valence-corrected chi connectivity index (χ0v) is 17.5. The predicted molar refractivity (Wildman–Crippen MR) is 117 cm³/mol. The Hall–Kier alpha value is -3.35. The molecule has 31 heavy (non-hydrogen) atoms. The molecule has 1 aliphatic heterocycles. The van der Waals surface area contributed by atoms with Crippen LogP contribution in [0.15, 0.2) is 48.0 Å². The molecular formula is C24H26N2O5. The summed E-state index contributed by atoms with van der Waals surface area (Å²) in [5.41, 5.74) is 1.99. The number of nitrogens with one attached hydrogen (secondary N) is 1. The van der Waals surface area contributed by atoms with Gasteiger partial charge in [0.25, 0.3) is 5.69 Å². The summed E-state index contributed by atoms with van der Waals surface area (Å²) in [6.07, 6.45) is 6.80. The molecule has 162 valence electrons. The zero-order valence-electron chi connectivity index (χ0n) is 17.5. The van der Waals surface area contributed by atoms with Crippen molar-refractivity contribution in [1.82, 2.24) is 5.32 Å². The van der Waals surface area contributed by atoms with E-state index in [4.69, 9.17) is 9.47 Å². The Labute approximate surface area is 181 Å². The maximum atomic E-state index is 12.5. The molecule has 1 saturated heterocycles. The van der Waals surface area contributed by atoms with Crippen LogP contribution in [0.4, 0.5) is 5.69 Å². The van der Waals surface area contributed by atoms with E-state index in [1.54, 1.807) is 31.4 Å². The van der Waals surface area contributed by atoms with Gasteiger partial charge in [-0.1, -0.05) is 18.2 Å². The number of carbonyl (C=O) groups excluding carboxylic acids is 1. The maximum Gasteiger partial charge on any atom is 0.276 e. The summed E-state index contributed by atoms with van der Waals surface area (Å²) >= 11 is 0. The second-order valence-corrected chi connectivity index (χ2v) is 8.03. The van der Waals surface area contributed by atoms with Crippen molar-refractivity contribution in [3.05, 3.63) is 69.3 Å². The van der Waals surface area contributed by atoms with Gasteiger partial charge in [0.05, 0.1) is 23.7 Å². The van der Waals surface area contributed by atoms with Crippen molar-refractivity contribution in [3.8, 4) is 11.5 Å². The van der Waals surface area contributed by atoms with E-state index in [1.807, 2.05) is 18.2 Å². The lowest BCUT2D eigenvalue weighted by molar-refractivity contribution is -0.385. The molecule has 1 amide bonds. The number of nitro benzene ring substituents is 1. The Balaban J connectivity index is 1.59. The van der Waals surface area contributed by atoms with E-state index >= 15 is 0 Å². The average molecular weight is 422 g/mol. The van der Waals surface area contributed by atoms with E-state index in [0.717, 1.165) is 24.2 Å². The first kappa shape index (κ1) is 20.9. The first-order valence-electron chi connectivity index (χ1n) is 10.6. The van der Waals surface area contributed by atoms with Crippen LogP contribution in [0.3, 0.4) is 0 Å². The van der Waals surface area contributed by atoms with Crippen molar-refractivity contribution in [1.29, 1.82) is 0 Å². The molecule has 4 rings (SSSR count). The molecule has 2 fully saturated rings. The van der Waals surface area contributed by atoms with Gasteiger partial charge in [0.15, 0.2) is 11.5 Å². The number of hydrogen-bond acceptors (Lipinski definition) is 5. The summed E-state index contributed by atoms with van der Waals surface area (Å²) in [5.74, 6) is 1.29. The van der Waals surface area contributed by atoms with Crippen molar-refractivity contribution in [2.75, 3.05) is 13.7 Å². The zero-order chi connectivity index (χ0) is 21.8. The highest BCUT2D eigenvalue weighted by molar-refractivity contribution is 5.99. The molecule has 0 bridgehead atoms. The Morgan fingerprint density at radius 3 is 2.65 bits per heavy atom. The number of piperidine rings is 1. The lowest BCUT2D eigenvalue weighted by Gasteiger charge is -2.26. The Bertz CT molecular complexity index is 1010. The molecule has 1 saturated carbocycles. The summed E-state index contributed by atoms with van der Waals surface area (Å²) in [4.78, 5) is 23.4. The van der Waals surface area contributed by atoms with Crippen molar-refractivity contribution < 1.29 is 19.2 Å². The molecule has 1 aliphatic carbocycles. The number of para-hydroxylation sites is 1. The van der Waals surface area contributed by atoms with Gasteiger partial charge in [-0.2, -0.15) is 0 Å². The standard InChI is InChI=1S/C24H26N2O5/c1-30-22-11-10-16(14-23(22)31-20-7-3-4-8-20)19-13-18(24(27)25-15-19)12-17-6-2-5-9-21(17)26(28)29/h2,5-6,9-12,14,19-20H,3-4,7-8,13,15H2,1H3,(H,25,27)/t19-/m1/s1. The molecule has 1 N–H and O–H groups in total. The van der Waals surface area contributed by atoms with Gasteiger partial charge in [-0.25, -0.2) is 0 Å². The van der Waals surface area contributed by atoms with Crippen LogP contribution in [0.5, 0.6) is 11.5 Å². The van der Waals surface area contributed by atoms with Crippen LogP contribution >= 0.6 is 0 Å². The number of nitrogens with zero attached hydrogens (tertiary/aromatic N) is 1. The lowest BCUT2D eigenvalue weighted by Crippen LogP contribution is -2.35. The fraction of sp³-hybridized carbons (Fsp3) is 0.375. The molecule has 2 aromatic carbocycles. The van der Waals surface area contributed by atoms with Gasteiger partial charge in [-0.3, -0.25) is 14.9 Å². The molecule has 1 atom stereocenters. The third kappa shape index (κ3) is 4.71. The Morgan fingerprint density at radius 2 is 1.90 bits per heavy atom. The van der Waals surface area contributed by atoms with E-state index < -0.39 is 4.92 Å². The Kier molecular flexibility index (Phi) is 6.21. The van der Waals surface area contributed by atoms with Crippen molar-refractivity contribution in [2.24, 2.45) is 0 Å². The number of methoxy groups -OCH3 is 1. The van der Waals surface area contributed by atoms with Gasteiger partial charge < -0.3 is 14.8 Å². The van der Waals surface area contributed by atoms with E-state index in [2.05, 4.69) is 5.32 Å². The monoisotopic (exact) mass is 422 g/mol. The van der Waals surface area contributed by atoms with Gasteiger partial charge in [0.2, 0.25) is 5.91 Å². The van der Waals surface area contributed by atoms with Crippen LogP contribution in [0.25, 0.3) is 6.08 Å². The molecule has 2 aliphatic rings. The number of rotatable bonds is 6. The van der Waals surface area contributed by atoms with Crippen LogP contribution in [-0.4, -0.2) is 30.6 Å². The van der Waals surface area contributed by atoms with Crippen molar-refractivity contribution >= 4 is 17.7 Å². The number of benzene rings is 2. The second kappa shape index (κ2) is 9.20. The minimum absolute atomic E-state index is 0.0124. The van der Waals surface area contributed by atoms with Gasteiger partial charge >= 0.3 is 0 Å². The summed E-state index contributed by atoms with van der Waals surface area (Å²) in [6.45, 7) is 0.502. The first-order chi connectivity index (χ1) is 15.0. The summed E-state index contributed by atoms with van der Waals surface area (Å²) in [5, 5.41) is 14.2. The number of carbonyl (C=O) groups is 1. The predicted octanol–water partition coefficient (Wildman–Crippen LogP) is 4.61. The molecule has 0 unspecified atom stereocenters. The first-order valence-corrected chi connectivity index (χ1v) is 10.6. The fourth-order valence-electron chi connectivity index (χ4n) is 4.31. The number of ether oxygens (including phenoxy) is 2. The fourth-order valence-corrected chi connectivity index (χ4v) is 4.31. The number of hydrogen-bond donors (Lipinski definition) is 1. The van der Waals surface area contributed by atoms with Crippen molar-refractivity contribution in [3.63, 3.8) is 0 Å². The molecule has 2 aromatic rings. The van der Waals surface area contributed by atoms with E-state index in [-0.39, 0.29) is 23.6 Å². The molecule has 7 nitrogen and oxygen atoms in total. The molecule has 0 spiro atoms. The van der Waals surface area contributed by atoms with Gasteiger partial charge in [0.1, 0.15) is 0 Å². The summed E-state index contributed by atoms with van der Waals surface area (Å²) in [6, 6.07) is 12.3. The van der Waals surface area contributed by atoms with Crippen LogP contribution in [0.2, 0.25) is 0 Å². The minimum atomic E-state index is -0.430. The van der Waals surface area contributed by atoms with Crippen molar-refractivity contribution in [2.45, 2.75) is 44.1 Å². The molecular weight excluding hydrogens is 396 g/mol. The normalized spacial score (nSPS) is 20.5. The molecule has 7 heteroatoms. The van der Waals surface area contributed by atoms with Gasteiger partial charge in [0, 0.05) is 24.1 Å². The maximum absolute atomic E-state index is 12.5. The van der Waals surface area contributed by atoms with Gasteiger partial charge in [-0.15, -0.1) is 0 Å².